The van der Waals surface area contributed by atoms with Gasteiger partial charge in [0.2, 0.25) is 0 Å². The van der Waals surface area contributed by atoms with Crippen LogP contribution in [-0.2, 0) is 16.0 Å². The van der Waals surface area contributed by atoms with E-state index in [0.717, 1.165) is 12.0 Å². The van der Waals surface area contributed by atoms with Crippen LogP contribution < -0.4 is 4.74 Å². The largest absolute Gasteiger partial charge is 0.496 e. The van der Waals surface area contributed by atoms with Crippen molar-refractivity contribution < 1.29 is 14.3 Å². The minimum Gasteiger partial charge on any atom is -0.496 e. The molecule has 0 amide bonds. The number of carbonyl (C=O) groups excluding carboxylic acids is 1. The first kappa shape index (κ1) is 16.0. The van der Waals surface area contributed by atoms with E-state index >= 15 is 0 Å². The molecule has 1 heterocycles. The Balaban J connectivity index is 1.73. The van der Waals surface area contributed by atoms with Crippen LogP contribution in [0.5, 0.6) is 5.75 Å². The molecule has 2 aromatic rings. The number of rotatable bonds is 5. The molecule has 0 saturated heterocycles. The SMILES string of the molecule is COc1ccccc1/C=C1\N=C(CCc2ccc(C)cc2)OC1=O. The number of aryl methyl sites for hydroxylation is 2. The molecule has 4 nitrogen and oxygen atoms in total. The number of ether oxygens (including phenoxy) is 2. The first-order valence-electron chi connectivity index (χ1n) is 7.86. The lowest BCUT2D eigenvalue weighted by Crippen LogP contribution is -2.05. The highest BCUT2D eigenvalue weighted by Gasteiger charge is 2.23. The molecule has 0 spiro atoms. The van der Waals surface area contributed by atoms with E-state index in [2.05, 4.69) is 36.2 Å². The van der Waals surface area contributed by atoms with Gasteiger partial charge < -0.3 is 9.47 Å². The zero-order chi connectivity index (χ0) is 16.9. The van der Waals surface area contributed by atoms with Crippen LogP contribution in [0.3, 0.4) is 0 Å². The van der Waals surface area contributed by atoms with Gasteiger partial charge in [0.15, 0.2) is 11.6 Å². The van der Waals surface area contributed by atoms with Crippen molar-refractivity contribution in [3.63, 3.8) is 0 Å². The molecular weight excluding hydrogens is 302 g/mol. The molecule has 4 heteroatoms. The van der Waals surface area contributed by atoms with Crippen molar-refractivity contribution in [3.8, 4) is 5.75 Å². The number of carbonyl (C=O) groups is 1. The van der Waals surface area contributed by atoms with Gasteiger partial charge in [0.05, 0.1) is 7.11 Å². The van der Waals surface area contributed by atoms with Gasteiger partial charge in [-0.1, -0.05) is 48.0 Å². The number of hydrogen-bond acceptors (Lipinski definition) is 4. The number of benzene rings is 2. The highest BCUT2D eigenvalue weighted by Crippen LogP contribution is 2.23. The summed E-state index contributed by atoms with van der Waals surface area (Å²) >= 11 is 0. The minimum absolute atomic E-state index is 0.304. The van der Waals surface area contributed by atoms with E-state index in [4.69, 9.17) is 9.47 Å². The molecule has 0 aliphatic carbocycles. The van der Waals surface area contributed by atoms with Gasteiger partial charge in [-0.25, -0.2) is 9.79 Å². The standard InChI is InChI=1S/C20H19NO3/c1-14-7-9-15(10-8-14)11-12-19-21-17(20(22)24-19)13-16-5-3-4-6-18(16)23-2/h3-10,13H,11-12H2,1-2H3/b17-13-. The summed E-state index contributed by atoms with van der Waals surface area (Å²) < 4.78 is 10.6. The van der Waals surface area contributed by atoms with Crippen LogP contribution in [0.15, 0.2) is 59.2 Å². The minimum atomic E-state index is -0.417. The maximum absolute atomic E-state index is 12.0. The summed E-state index contributed by atoms with van der Waals surface area (Å²) in [4.78, 5) is 16.3. The van der Waals surface area contributed by atoms with Crippen molar-refractivity contribution in [2.24, 2.45) is 4.99 Å². The lowest BCUT2D eigenvalue weighted by Gasteiger charge is -2.03. The van der Waals surface area contributed by atoms with Crippen molar-refractivity contribution >= 4 is 17.9 Å². The normalized spacial score (nSPS) is 15.3. The van der Waals surface area contributed by atoms with Crippen LogP contribution >= 0.6 is 0 Å². The number of nitrogens with zero attached hydrogens (tertiary/aromatic N) is 1. The Hall–Kier alpha value is -2.88. The fourth-order valence-corrected chi connectivity index (χ4v) is 2.50. The summed E-state index contributed by atoms with van der Waals surface area (Å²) in [5.41, 5.74) is 3.53. The summed E-state index contributed by atoms with van der Waals surface area (Å²) in [6, 6.07) is 15.8. The molecule has 1 aliphatic rings. The Morgan fingerprint density at radius 3 is 2.58 bits per heavy atom. The van der Waals surface area contributed by atoms with Crippen LogP contribution in [0.1, 0.15) is 23.1 Å². The second-order valence-electron chi connectivity index (χ2n) is 5.65. The molecule has 2 aromatic carbocycles. The Morgan fingerprint density at radius 2 is 1.83 bits per heavy atom. The summed E-state index contributed by atoms with van der Waals surface area (Å²) in [7, 11) is 1.60. The summed E-state index contributed by atoms with van der Waals surface area (Å²) in [6.45, 7) is 2.06. The predicted molar refractivity (Wildman–Crippen MR) is 94.0 cm³/mol. The van der Waals surface area contributed by atoms with E-state index in [1.54, 1.807) is 13.2 Å². The predicted octanol–water partition coefficient (Wildman–Crippen LogP) is 3.93. The van der Waals surface area contributed by atoms with Gasteiger partial charge in [-0.3, -0.25) is 0 Å². The van der Waals surface area contributed by atoms with E-state index in [9.17, 15) is 4.79 Å². The van der Waals surface area contributed by atoms with Crippen molar-refractivity contribution in [3.05, 3.63) is 70.9 Å². The first-order valence-corrected chi connectivity index (χ1v) is 7.86. The number of para-hydroxylation sites is 1. The molecule has 24 heavy (non-hydrogen) atoms. The lowest BCUT2D eigenvalue weighted by atomic mass is 10.1. The third-order valence-corrected chi connectivity index (χ3v) is 3.84. The highest BCUT2D eigenvalue weighted by atomic mass is 16.6. The van der Waals surface area contributed by atoms with Gasteiger partial charge in [-0.05, 0) is 31.1 Å². The molecule has 0 unspecified atom stereocenters. The van der Waals surface area contributed by atoms with Crippen LogP contribution in [0.4, 0.5) is 0 Å². The molecule has 3 rings (SSSR count). The van der Waals surface area contributed by atoms with Crippen LogP contribution in [-0.4, -0.2) is 19.0 Å². The van der Waals surface area contributed by atoms with Crippen molar-refractivity contribution in [2.45, 2.75) is 19.8 Å². The third-order valence-electron chi connectivity index (χ3n) is 3.84. The van der Waals surface area contributed by atoms with Gasteiger partial charge >= 0.3 is 5.97 Å². The molecule has 0 N–H and O–H groups in total. The van der Waals surface area contributed by atoms with Crippen molar-refractivity contribution in [2.75, 3.05) is 7.11 Å². The number of esters is 1. The molecule has 0 fully saturated rings. The Bertz CT molecular complexity index is 804. The lowest BCUT2D eigenvalue weighted by molar-refractivity contribution is -0.130. The molecule has 0 radical (unpaired) electrons. The van der Waals surface area contributed by atoms with Crippen LogP contribution in [0.2, 0.25) is 0 Å². The fourth-order valence-electron chi connectivity index (χ4n) is 2.50. The number of cyclic esters (lactones) is 1. The average Bonchev–Trinajstić information content (AvgIpc) is 2.95. The second-order valence-corrected chi connectivity index (χ2v) is 5.65. The Kier molecular flexibility index (Phi) is 4.75. The molecule has 0 bridgehead atoms. The zero-order valence-electron chi connectivity index (χ0n) is 13.8. The topological polar surface area (TPSA) is 47.9 Å². The number of aliphatic imine (C=N–C) groups is 1. The number of hydrogen-bond donors (Lipinski definition) is 0. The fraction of sp³-hybridized carbons (Fsp3) is 0.200. The van der Waals surface area contributed by atoms with E-state index in [0.29, 0.717) is 23.8 Å². The summed E-state index contributed by atoms with van der Waals surface area (Å²) in [5, 5.41) is 0. The molecule has 0 atom stereocenters. The van der Waals surface area contributed by atoms with Crippen LogP contribution in [0, 0.1) is 6.92 Å². The summed E-state index contributed by atoms with van der Waals surface area (Å²) in [5.74, 6) is 0.739. The Morgan fingerprint density at radius 1 is 1.08 bits per heavy atom. The molecule has 0 aromatic heterocycles. The van der Waals surface area contributed by atoms with E-state index in [1.807, 2.05) is 24.3 Å². The smallest absolute Gasteiger partial charge is 0.363 e. The third kappa shape index (κ3) is 3.71. The highest BCUT2D eigenvalue weighted by molar-refractivity contribution is 6.07. The second kappa shape index (κ2) is 7.13. The monoisotopic (exact) mass is 321 g/mol. The zero-order valence-corrected chi connectivity index (χ0v) is 13.8. The van der Waals surface area contributed by atoms with Gasteiger partial charge in [0.25, 0.3) is 0 Å². The number of methoxy groups -OCH3 is 1. The molecule has 1 aliphatic heterocycles. The van der Waals surface area contributed by atoms with E-state index < -0.39 is 5.97 Å². The summed E-state index contributed by atoms with van der Waals surface area (Å²) in [6.07, 6.45) is 3.08. The van der Waals surface area contributed by atoms with E-state index in [1.165, 1.54) is 11.1 Å². The maximum Gasteiger partial charge on any atom is 0.363 e. The van der Waals surface area contributed by atoms with Gasteiger partial charge in [-0.15, -0.1) is 0 Å². The maximum atomic E-state index is 12.0. The molecule has 0 saturated carbocycles. The van der Waals surface area contributed by atoms with E-state index in [-0.39, 0.29) is 0 Å². The van der Waals surface area contributed by atoms with Gasteiger partial charge in [0.1, 0.15) is 5.75 Å². The van der Waals surface area contributed by atoms with Crippen molar-refractivity contribution in [1.29, 1.82) is 0 Å². The average molecular weight is 321 g/mol. The van der Waals surface area contributed by atoms with Gasteiger partial charge in [0, 0.05) is 12.0 Å². The van der Waals surface area contributed by atoms with Crippen molar-refractivity contribution in [1.82, 2.24) is 0 Å². The first-order chi connectivity index (χ1) is 11.7. The van der Waals surface area contributed by atoms with Crippen LogP contribution in [0.25, 0.3) is 6.08 Å². The quantitative estimate of drug-likeness (QED) is 0.619. The molecule has 122 valence electrons. The Labute approximate surface area is 141 Å². The molecular formula is C20H19NO3. The van der Waals surface area contributed by atoms with Gasteiger partial charge in [-0.2, -0.15) is 0 Å².